The highest BCUT2D eigenvalue weighted by Gasteiger charge is 2.35. The standard InChI is InChI=1S/C10H20NO5P/c1-6-8(12)11-9(2,3)7-10(4,5)16-17(13,14)15/h6H,1,7H2,2-5H3,(H,11,12)(H2,13,14,15). The van der Waals surface area contributed by atoms with Crippen LogP contribution in [0.15, 0.2) is 12.7 Å². The Morgan fingerprint density at radius 3 is 2.24 bits per heavy atom. The fourth-order valence-electron chi connectivity index (χ4n) is 1.85. The highest BCUT2D eigenvalue weighted by molar-refractivity contribution is 7.46. The number of carbonyl (C=O) groups excluding carboxylic acids is 1. The van der Waals surface area contributed by atoms with Crippen LogP contribution in [-0.2, 0) is 13.9 Å². The molecule has 0 rings (SSSR count). The third-order valence-corrected chi connectivity index (χ3v) is 2.61. The van der Waals surface area contributed by atoms with Crippen molar-refractivity contribution in [2.24, 2.45) is 0 Å². The van der Waals surface area contributed by atoms with Crippen molar-refractivity contribution in [3.05, 3.63) is 12.7 Å². The molecule has 6 nitrogen and oxygen atoms in total. The zero-order valence-corrected chi connectivity index (χ0v) is 11.5. The van der Waals surface area contributed by atoms with Gasteiger partial charge in [0.2, 0.25) is 5.91 Å². The Balaban J connectivity index is 4.63. The molecule has 0 aromatic carbocycles. The van der Waals surface area contributed by atoms with E-state index >= 15 is 0 Å². The van der Waals surface area contributed by atoms with Crippen LogP contribution >= 0.6 is 7.82 Å². The second-order valence-electron chi connectivity index (χ2n) is 5.10. The quantitative estimate of drug-likeness (QED) is 0.497. The Bertz CT molecular complexity index is 345. The molecular weight excluding hydrogens is 245 g/mol. The van der Waals surface area contributed by atoms with E-state index in [4.69, 9.17) is 9.79 Å². The van der Waals surface area contributed by atoms with Crippen LogP contribution in [0.3, 0.4) is 0 Å². The number of phosphoric acid groups is 1. The number of nitrogens with one attached hydrogen (secondary N) is 1. The molecule has 17 heavy (non-hydrogen) atoms. The Morgan fingerprint density at radius 2 is 1.88 bits per heavy atom. The molecule has 0 bridgehead atoms. The molecule has 0 unspecified atom stereocenters. The fourth-order valence-corrected chi connectivity index (χ4v) is 2.56. The average molecular weight is 265 g/mol. The number of phosphoric ester groups is 1. The maximum atomic E-state index is 11.2. The first-order valence-corrected chi connectivity index (χ1v) is 6.61. The van der Waals surface area contributed by atoms with Crippen LogP contribution in [0.1, 0.15) is 34.1 Å². The van der Waals surface area contributed by atoms with Gasteiger partial charge in [-0.15, -0.1) is 0 Å². The lowest BCUT2D eigenvalue weighted by Gasteiger charge is -2.35. The summed E-state index contributed by atoms with van der Waals surface area (Å²) in [6, 6.07) is 0. The average Bonchev–Trinajstić information content (AvgIpc) is 1.94. The maximum absolute atomic E-state index is 11.2. The van der Waals surface area contributed by atoms with E-state index in [-0.39, 0.29) is 12.3 Å². The zero-order valence-electron chi connectivity index (χ0n) is 10.6. The summed E-state index contributed by atoms with van der Waals surface area (Å²) < 4.78 is 15.4. The third kappa shape index (κ3) is 8.10. The SMILES string of the molecule is C=CC(=O)NC(C)(C)CC(C)(C)OP(=O)(O)O. The van der Waals surface area contributed by atoms with Gasteiger partial charge in [0, 0.05) is 5.54 Å². The van der Waals surface area contributed by atoms with E-state index in [0.29, 0.717) is 0 Å². The first-order chi connectivity index (χ1) is 7.37. The number of carbonyl (C=O) groups is 1. The number of hydrogen-bond donors (Lipinski definition) is 3. The van der Waals surface area contributed by atoms with Crippen molar-refractivity contribution in [3.8, 4) is 0 Å². The molecule has 0 saturated heterocycles. The molecule has 0 fully saturated rings. The van der Waals surface area contributed by atoms with Gasteiger partial charge in [0.15, 0.2) is 0 Å². The minimum atomic E-state index is -4.55. The van der Waals surface area contributed by atoms with E-state index in [0.717, 1.165) is 6.08 Å². The summed E-state index contributed by atoms with van der Waals surface area (Å²) in [4.78, 5) is 28.7. The van der Waals surface area contributed by atoms with Gasteiger partial charge in [0.05, 0.1) is 5.60 Å². The lowest BCUT2D eigenvalue weighted by molar-refractivity contribution is -0.118. The van der Waals surface area contributed by atoms with E-state index < -0.39 is 19.0 Å². The van der Waals surface area contributed by atoms with Crippen LogP contribution in [-0.4, -0.2) is 26.8 Å². The molecule has 100 valence electrons. The van der Waals surface area contributed by atoms with Crippen LogP contribution < -0.4 is 5.32 Å². The first-order valence-electron chi connectivity index (χ1n) is 5.08. The second kappa shape index (κ2) is 5.31. The maximum Gasteiger partial charge on any atom is 0.470 e. The van der Waals surface area contributed by atoms with Crippen molar-refractivity contribution >= 4 is 13.7 Å². The normalized spacial score (nSPS) is 13.3. The van der Waals surface area contributed by atoms with Gasteiger partial charge in [0.1, 0.15) is 0 Å². The summed E-state index contributed by atoms with van der Waals surface area (Å²) >= 11 is 0. The molecule has 0 radical (unpaired) electrons. The van der Waals surface area contributed by atoms with Crippen LogP contribution in [0.5, 0.6) is 0 Å². The topological polar surface area (TPSA) is 95.9 Å². The van der Waals surface area contributed by atoms with Gasteiger partial charge >= 0.3 is 7.82 Å². The molecule has 7 heteroatoms. The minimum Gasteiger partial charge on any atom is -0.348 e. The van der Waals surface area contributed by atoms with E-state index in [2.05, 4.69) is 16.4 Å². The van der Waals surface area contributed by atoms with Crippen molar-refractivity contribution in [2.75, 3.05) is 0 Å². The van der Waals surface area contributed by atoms with E-state index in [1.807, 2.05) is 0 Å². The second-order valence-corrected chi connectivity index (χ2v) is 6.26. The Labute approximate surface area is 101 Å². The highest BCUT2D eigenvalue weighted by atomic mass is 31.2. The predicted octanol–water partition coefficient (Wildman–Crippen LogP) is 1.35. The summed E-state index contributed by atoms with van der Waals surface area (Å²) in [5.74, 6) is -0.345. The number of rotatable bonds is 6. The summed E-state index contributed by atoms with van der Waals surface area (Å²) in [6.45, 7) is 9.90. The minimum absolute atomic E-state index is 0.241. The molecule has 0 aromatic rings. The van der Waals surface area contributed by atoms with E-state index in [9.17, 15) is 9.36 Å². The lowest BCUT2D eigenvalue weighted by atomic mass is 9.89. The predicted molar refractivity (Wildman–Crippen MR) is 64.2 cm³/mol. The van der Waals surface area contributed by atoms with Gasteiger partial charge in [-0.25, -0.2) is 4.57 Å². The van der Waals surface area contributed by atoms with Crippen molar-refractivity contribution in [2.45, 2.75) is 45.3 Å². The third-order valence-electron chi connectivity index (χ3n) is 1.88. The van der Waals surface area contributed by atoms with Crippen molar-refractivity contribution < 1.29 is 23.7 Å². The molecule has 0 aliphatic carbocycles. The number of amides is 1. The highest BCUT2D eigenvalue weighted by Crippen LogP contribution is 2.43. The molecule has 0 saturated carbocycles. The van der Waals surface area contributed by atoms with Gasteiger partial charge in [-0.2, -0.15) is 0 Å². The Morgan fingerprint density at radius 1 is 1.41 bits per heavy atom. The molecule has 0 atom stereocenters. The molecule has 0 aliphatic heterocycles. The first kappa shape index (κ1) is 16.3. The summed E-state index contributed by atoms with van der Waals surface area (Å²) in [5.41, 5.74) is -1.72. The van der Waals surface area contributed by atoms with Crippen molar-refractivity contribution in [1.82, 2.24) is 5.32 Å². The molecule has 0 spiro atoms. The largest absolute Gasteiger partial charge is 0.470 e. The molecular formula is C10H20NO5P. The van der Waals surface area contributed by atoms with Crippen LogP contribution in [0, 0.1) is 0 Å². The monoisotopic (exact) mass is 265 g/mol. The van der Waals surface area contributed by atoms with E-state index in [1.165, 1.54) is 0 Å². The molecule has 0 aliphatic rings. The fraction of sp³-hybridized carbons (Fsp3) is 0.700. The Hall–Kier alpha value is -0.680. The summed E-state index contributed by atoms with van der Waals surface area (Å²) in [5, 5.41) is 2.66. The van der Waals surface area contributed by atoms with Crippen molar-refractivity contribution in [3.63, 3.8) is 0 Å². The van der Waals surface area contributed by atoms with Gasteiger partial charge < -0.3 is 15.1 Å². The van der Waals surface area contributed by atoms with Crippen molar-refractivity contribution in [1.29, 1.82) is 0 Å². The zero-order chi connectivity index (χ0) is 13.9. The van der Waals surface area contributed by atoms with Gasteiger partial charge in [0.25, 0.3) is 0 Å². The van der Waals surface area contributed by atoms with Gasteiger partial charge in [-0.1, -0.05) is 6.58 Å². The molecule has 0 heterocycles. The molecule has 0 aromatic heterocycles. The smallest absolute Gasteiger partial charge is 0.348 e. The molecule has 1 amide bonds. The van der Waals surface area contributed by atoms with Gasteiger partial charge in [-0.3, -0.25) is 9.32 Å². The van der Waals surface area contributed by atoms with E-state index in [1.54, 1.807) is 27.7 Å². The molecule has 3 N–H and O–H groups in total. The Kier molecular flexibility index (Phi) is 5.10. The van der Waals surface area contributed by atoms with Crippen LogP contribution in [0.25, 0.3) is 0 Å². The number of hydrogen-bond acceptors (Lipinski definition) is 3. The lowest BCUT2D eigenvalue weighted by Crippen LogP contribution is -2.47. The summed E-state index contributed by atoms with van der Waals surface area (Å²) in [6.07, 6.45) is 1.38. The van der Waals surface area contributed by atoms with Crippen LogP contribution in [0.4, 0.5) is 0 Å². The van der Waals surface area contributed by atoms with Gasteiger partial charge in [-0.05, 0) is 40.2 Å². The summed E-state index contributed by atoms with van der Waals surface area (Å²) in [7, 11) is -4.55. The van der Waals surface area contributed by atoms with Crippen LogP contribution in [0.2, 0.25) is 0 Å².